The van der Waals surface area contributed by atoms with E-state index >= 15 is 0 Å². The quantitative estimate of drug-likeness (QED) is 0.568. The number of benzene rings is 2. The van der Waals surface area contributed by atoms with Gasteiger partial charge in [-0.2, -0.15) is 5.26 Å². The van der Waals surface area contributed by atoms with Crippen molar-refractivity contribution in [2.24, 2.45) is 0 Å². The summed E-state index contributed by atoms with van der Waals surface area (Å²) in [5.41, 5.74) is 3.00. The van der Waals surface area contributed by atoms with Gasteiger partial charge in [-0.3, -0.25) is 9.78 Å². The molecule has 7 nitrogen and oxygen atoms in total. The lowest BCUT2D eigenvalue weighted by Crippen LogP contribution is -2.13. The monoisotopic (exact) mass is 366 g/mol. The van der Waals surface area contributed by atoms with Crippen molar-refractivity contribution in [2.75, 3.05) is 10.6 Å². The van der Waals surface area contributed by atoms with Gasteiger partial charge >= 0.3 is 0 Å². The molecular weight excluding hydrogens is 352 g/mol. The zero-order chi connectivity index (χ0) is 19.3. The number of anilines is 3. The molecule has 0 unspecified atom stereocenters. The number of hydrogen-bond donors (Lipinski definition) is 2. The SMILES string of the molecule is N#Cc1ccc(Nc2ncc(C(=O)Nc3cccc4cccnc34)cn2)cc1. The molecule has 0 bridgehead atoms. The van der Waals surface area contributed by atoms with E-state index < -0.39 is 0 Å². The topological polar surface area (TPSA) is 104 Å². The second kappa shape index (κ2) is 7.51. The van der Waals surface area contributed by atoms with Gasteiger partial charge in [-0.1, -0.05) is 18.2 Å². The van der Waals surface area contributed by atoms with Crippen LogP contribution in [-0.2, 0) is 0 Å². The molecule has 0 aliphatic carbocycles. The third-order valence-electron chi connectivity index (χ3n) is 4.07. The first-order valence-corrected chi connectivity index (χ1v) is 8.47. The van der Waals surface area contributed by atoms with E-state index in [1.54, 1.807) is 36.5 Å². The minimum absolute atomic E-state index is 0.317. The summed E-state index contributed by atoms with van der Waals surface area (Å²) >= 11 is 0. The minimum Gasteiger partial charge on any atom is -0.324 e. The van der Waals surface area contributed by atoms with Crippen LogP contribution in [0.5, 0.6) is 0 Å². The van der Waals surface area contributed by atoms with Crippen LogP contribution in [0.15, 0.2) is 73.2 Å². The van der Waals surface area contributed by atoms with E-state index in [4.69, 9.17) is 5.26 Å². The Bertz CT molecular complexity index is 1170. The first kappa shape index (κ1) is 17.1. The lowest BCUT2D eigenvalue weighted by atomic mass is 10.2. The van der Waals surface area contributed by atoms with E-state index in [1.165, 1.54) is 12.4 Å². The average Bonchev–Trinajstić information content (AvgIpc) is 2.75. The molecule has 0 radical (unpaired) electrons. The number of aromatic nitrogens is 3. The van der Waals surface area contributed by atoms with Crippen LogP contribution < -0.4 is 10.6 Å². The summed E-state index contributed by atoms with van der Waals surface area (Å²) in [5, 5.41) is 15.6. The van der Waals surface area contributed by atoms with Crippen molar-refractivity contribution >= 4 is 34.1 Å². The minimum atomic E-state index is -0.317. The highest BCUT2D eigenvalue weighted by Gasteiger charge is 2.10. The number of nitriles is 1. The number of carbonyl (C=O) groups is 1. The van der Waals surface area contributed by atoms with Gasteiger partial charge in [-0.05, 0) is 36.4 Å². The first-order valence-electron chi connectivity index (χ1n) is 8.47. The second-order valence-corrected chi connectivity index (χ2v) is 5.94. The molecule has 2 aromatic heterocycles. The van der Waals surface area contributed by atoms with Crippen LogP contribution in [0.1, 0.15) is 15.9 Å². The van der Waals surface area contributed by atoms with Crippen molar-refractivity contribution in [1.82, 2.24) is 15.0 Å². The van der Waals surface area contributed by atoms with Gasteiger partial charge in [0.05, 0.1) is 28.4 Å². The number of pyridine rings is 1. The molecule has 7 heteroatoms. The predicted molar refractivity (Wildman–Crippen MR) is 106 cm³/mol. The summed E-state index contributed by atoms with van der Waals surface area (Å²) < 4.78 is 0. The molecule has 0 aliphatic rings. The smallest absolute Gasteiger partial charge is 0.258 e. The molecule has 2 aromatic carbocycles. The second-order valence-electron chi connectivity index (χ2n) is 5.94. The Kier molecular flexibility index (Phi) is 4.59. The molecule has 0 atom stereocenters. The maximum absolute atomic E-state index is 12.5. The highest BCUT2D eigenvalue weighted by Crippen LogP contribution is 2.21. The molecule has 0 fully saturated rings. The average molecular weight is 366 g/mol. The number of nitrogens with one attached hydrogen (secondary N) is 2. The molecule has 134 valence electrons. The number of carbonyl (C=O) groups excluding carboxylic acids is 1. The lowest BCUT2D eigenvalue weighted by Gasteiger charge is -2.08. The van der Waals surface area contributed by atoms with E-state index in [2.05, 4.69) is 31.7 Å². The van der Waals surface area contributed by atoms with Crippen molar-refractivity contribution in [3.8, 4) is 6.07 Å². The van der Waals surface area contributed by atoms with Crippen LogP contribution >= 0.6 is 0 Å². The molecule has 2 N–H and O–H groups in total. The van der Waals surface area contributed by atoms with E-state index in [9.17, 15) is 4.79 Å². The van der Waals surface area contributed by atoms with Crippen LogP contribution in [0, 0.1) is 11.3 Å². The molecule has 0 saturated heterocycles. The van der Waals surface area contributed by atoms with Crippen molar-refractivity contribution in [1.29, 1.82) is 5.26 Å². The molecule has 0 saturated carbocycles. The molecule has 1 amide bonds. The fourth-order valence-corrected chi connectivity index (χ4v) is 2.67. The van der Waals surface area contributed by atoms with Gasteiger partial charge in [0.1, 0.15) is 0 Å². The van der Waals surface area contributed by atoms with Crippen molar-refractivity contribution in [3.63, 3.8) is 0 Å². The summed E-state index contributed by atoms with van der Waals surface area (Å²) in [6.45, 7) is 0. The standard InChI is InChI=1S/C21H14N6O/c22-11-14-6-8-17(9-7-14)26-21-24-12-16(13-25-21)20(28)27-18-5-1-3-15-4-2-10-23-19(15)18/h1-10,12-13H,(H,27,28)(H,24,25,26). The summed E-state index contributed by atoms with van der Waals surface area (Å²) in [5.74, 6) is 0.0381. The Hall–Kier alpha value is -4.31. The van der Waals surface area contributed by atoms with Gasteiger partial charge in [0.15, 0.2) is 0 Å². The Morgan fingerprint density at radius 2 is 1.68 bits per heavy atom. The van der Waals surface area contributed by atoms with Crippen LogP contribution in [0.25, 0.3) is 10.9 Å². The highest BCUT2D eigenvalue weighted by molar-refractivity contribution is 6.08. The molecule has 0 spiro atoms. The zero-order valence-electron chi connectivity index (χ0n) is 14.6. The maximum atomic E-state index is 12.5. The molecule has 4 rings (SSSR count). The van der Waals surface area contributed by atoms with Crippen LogP contribution in [-0.4, -0.2) is 20.9 Å². The van der Waals surface area contributed by atoms with E-state index in [0.717, 1.165) is 16.6 Å². The first-order chi connectivity index (χ1) is 13.7. The maximum Gasteiger partial charge on any atom is 0.258 e. The molecule has 2 heterocycles. The van der Waals surface area contributed by atoms with Crippen molar-refractivity contribution in [3.05, 3.63) is 84.3 Å². The summed E-state index contributed by atoms with van der Waals surface area (Å²) in [6.07, 6.45) is 4.59. The third-order valence-corrected chi connectivity index (χ3v) is 4.07. The van der Waals surface area contributed by atoms with Crippen LogP contribution in [0.2, 0.25) is 0 Å². The Labute approximate surface area is 160 Å². The van der Waals surface area contributed by atoms with E-state index in [-0.39, 0.29) is 5.91 Å². The summed E-state index contributed by atoms with van der Waals surface area (Å²) in [6, 6.07) is 18.4. The number of nitrogens with zero attached hydrogens (tertiary/aromatic N) is 4. The summed E-state index contributed by atoms with van der Waals surface area (Å²) in [7, 11) is 0. The number of amides is 1. The Balaban J connectivity index is 1.48. The fourth-order valence-electron chi connectivity index (χ4n) is 2.67. The molecule has 4 aromatic rings. The molecule has 28 heavy (non-hydrogen) atoms. The number of rotatable bonds is 4. The van der Waals surface area contributed by atoms with E-state index in [0.29, 0.717) is 22.8 Å². The largest absolute Gasteiger partial charge is 0.324 e. The van der Waals surface area contributed by atoms with Gasteiger partial charge in [-0.15, -0.1) is 0 Å². The molecule has 0 aliphatic heterocycles. The van der Waals surface area contributed by atoms with Crippen LogP contribution in [0.4, 0.5) is 17.3 Å². The number of hydrogen-bond acceptors (Lipinski definition) is 6. The van der Waals surface area contributed by atoms with Gasteiger partial charge in [0, 0.05) is 29.7 Å². The van der Waals surface area contributed by atoms with Gasteiger partial charge in [-0.25, -0.2) is 9.97 Å². The Morgan fingerprint density at radius 3 is 2.43 bits per heavy atom. The number of fused-ring (bicyclic) bond motifs is 1. The van der Waals surface area contributed by atoms with Gasteiger partial charge in [0.25, 0.3) is 5.91 Å². The summed E-state index contributed by atoms with van der Waals surface area (Å²) in [4.78, 5) is 25.2. The molecular formula is C21H14N6O. The van der Waals surface area contributed by atoms with Gasteiger partial charge < -0.3 is 10.6 Å². The van der Waals surface area contributed by atoms with Crippen LogP contribution in [0.3, 0.4) is 0 Å². The fraction of sp³-hybridized carbons (Fsp3) is 0. The Morgan fingerprint density at radius 1 is 0.929 bits per heavy atom. The lowest BCUT2D eigenvalue weighted by molar-refractivity contribution is 0.102. The normalized spacial score (nSPS) is 10.2. The number of para-hydroxylation sites is 1. The van der Waals surface area contributed by atoms with Crippen molar-refractivity contribution in [2.45, 2.75) is 0 Å². The predicted octanol–water partition coefficient (Wildman–Crippen LogP) is 3.89. The third kappa shape index (κ3) is 3.61. The van der Waals surface area contributed by atoms with Crippen molar-refractivity contribution < 1.29 is 4.79 Å². The highest BCUT2D eigenvalue weighted by atomic mass is 16.1. The van der Waals surface area contributed by atoms with Gasteiger partial charge in [0.2, 0.25) is 5.95 Å². The van der Waals surface area contributed by atoms with E-state index in [1.807, 2.05) is 24.3 Å². The zero-order valence-corrected chi connectivity index (χ0v) is 14.6.